The van der Waals surface area contributed by atoms with Gasteiger partial charge in [0.25, 0.3) is 0 Å². The number of carbonyl (C=O) groups is 1. The summed E-state index contributed by atoms with van der Waals surface area (Å²) in [4.78, 5) is 10.8. The maximum Gasteiger partial charge on any atom is 0.310 e. The fourth-order valence-electron chi connectivity index (χ4n) is 1.47. The van der Waals surface area contributed by atoms with Gasteiger partial charge in [-0.15, -0.1) is 0 Å². The van der Waals surface area contributed by atoms with Crippen LogP contribution in [0.2, 0.25) is 0 Å². The molecule has 1 atom stereocenters. The molecule has 14 heavy (non-hydrogen) atoms. The molecule has 0 saturated carbocycles. The van der Waals surface area contributed by atoms with Crippen molar-refractivity contribution in [3.05, 3.63) is 36.1 Å². The molecule has 0 bridgehead atoms. The molecule has 0 saturated heterocycles. The first-order chi connectivity index (χ1) is 6.70. The minimum Gasteiger partial charge on any atom is -0.481 e. The Bertz CT molecular complexity index is 470. The maximum absolute atomic E-state index is 10.8. The number of aliphatic carboxylic acids is 1. The second kappa shape index (κ2) is 3.18. The standard InChI is InChI=1S/C11H10O3/c1-7(11(12)13)9-6-14-10-5-3-2-4-8(9)10/h2-7H,1H3,(H,12,13). The zero-order valence-corrected chi connectivity index (χ0v) is 7.73. The highest BCUT2D eigenvalue weighted by Crippen LogP contribution is 2.27. The van der Waals surface area contributed by atoms with Gasteiger partial charge in [0.05, 0.1) is 12.2 Å². The molecule has 72 valence electrons. The number of fused-ring (bicyclic) bond motifs is 1. The highest BCUT2D eigenvalue weighted by Gasteiger charge is 2.18. The molecule has 0 aliphatic rings. The van der Waals surface area contributed by atoms with Crippen molar-refractivity contribution in [1.29, 1.82) is 0 Å². The predicted octanol–water partition coefficient (Wildman–Crippen LogP) is 2.62. The summed E-state index contributed by atoms with van der Waals surface area (Å²) in [7, 11) is 0. The summed E-state index contributed by atoms with van der Waals surface area (Å²) in [6.45, 7) is 1.65. The normalized spacial score (nSPS) is 12.9. The van der Waals surface area contributed by atoms with Crippen LogP contribution in [0.1, 0.15) is 18.4 Å². The average molecular weight is 190 g/mol. The lowest BCUT2D eigenvalue weighted by Crippen LogP contribution is -2.06. The Hall–Kier alpha value is -1.77. The maximum atomic E-state index is 10.8. The van der Waals surface area contributed by atoms with E-state index in [4.69, 9.17) is 9.52 Å². The van der Waals surface area contributed by atoms with Crippen LogP contribution in [0.25, 0.3) is 11.0 Å². The van der Waals surface area contributed by atoms with Crippen molar-refractivity contribution in [3.63, 3.8) is 0 Å². The topological polar surface area (TPSA) is 50.4 Å². The van der Waals surface area contributed by atoms with Gasteiger partial charge in [-0.05, 0) is 13.0 Å². The Morgan fingerprint density at radius 3 is 2.86 bits per heavy atom. The van der Waals surface area contributed by atoms with E-state index in [9.17, 15) is 4.79 Å². The molecule has 1 N–H and O–H groups in total. The van der Waals surface area contributed by atoms with E-state index in [1.807, 2.05) is 24.3 Å². The summed E-state index contributed by atoms with van der Waals surface area (Å²) < 4.78 is 5.26. The van der Waals surface area contributed by atoms with E-state index in [0.717, 1.165) is 16.5 Å². The van der Waals surface area contributed by atoms with Crippen LogP contribution >= 0.6 is 0 Å². The number of hydrogen-bond acceptors (Lipinski definition) is 2. The first-order valence-corrected chi connectivity index (χ1v) is 4.39. The molecular weight excluding hydrogens is 180 g/mol. The van der Waals surface area contributed by atoms with Gasteiger partial charge in [0.2, 0.25) is 0 Å². The molecule has 2 aromatic rings. The van der Waals surface area contributed by atoms with Crippen LogP contribution in [0.3, 0.4) is 0 Å². The molecule has 0 radical (unpaired) electrons. The number of rotatable bonds is 2. The second-order valence-electron chi connectivity index (χ2n) is 3.25. The van der Waals surface area contributed by atoms with Crippen LogP contribution < -0.4 is 0 Å². The third-order valence-corrected chi connectivity index (χ3v) is 2.35. The van der Waals surface area contributed by atoms with E-state index in [0.29, 0.717) is 0 Å². The van der Waals surface area contributed by atoms with Crippen molar-refractivity contribution in [2.75, 3.05) is 0 Å². The van der Waals surface area contributed by atoms with Gasteiger partial charge in [-0.1, -0.05) is 18.2 Å². The number of hydrogen-bond donors (Lipinski definition) is 1. The van der Waals surface area contributed by atoms with E-state index in [-0.39, 0.29) is 0 Å². The zero-order valence-electron chi connectivity index (χ0n) is 7.73. The average Bonchev–Trinajstić information content (AvgIpc) is 2.60. The summed E-state index contributed by atoms with van der Waals surface area (Å²) in [5.74, 6) is -1.37. The van der Waals surface area contributed by atoms with Crippen molar-refractivity contribution in [1.82, 2.24) is 0 Å². The molecule has 2 rings (SSSR count). The van der Waals surface area contributed by atoms with Gasteiger partial charge in [-0.2, -0.15) is 0 Å². The summed E-state index contributed by atoms with van der Waals surface area (Å²) in [5, 5.41) is 9.75. The van der Waals surface area contributed by atoms with Crippen LogP contribution in [0.4, 0.5) is 0 Å². The van der Waals surface area contributed by atoms with Gasteiger partial charge < -0.3 is 9.52 Å². The van der Waals surface area contributed by atoms with E-state index in [1.165, 1.54) is 6.26 Å². The summed E-state index contributed by atoms with van der Waals surface area (Å²) in [6, 6.07) is 7.43. The molecule has 1 aromatic carbocycles. The molecular formula is C11H10O3. The Kier molecular flexibility index (Phi) is 2.00. The molecule has 0 amide bonds. The second-order valence-corrected chi connectivity index (χ2v) is 3.25. The summed E-state index contributed by atoms with van der Waals surface area (Å²) in [5.41, 5.74) is 1.46. The molecule has 1 unspecified atom stereocenters. The minimum atomic E-state index is -0.837. The van der Waals surface area contributed by atoms with Crippen LogP contribution in [0, 0.1) is 0 Å². The fraction of sp³-hybridized carbons (Fsp3) is 0.182. The lowest BCUT2D eigenvalue weighted by Gasteiger charge is -2.02. The summed E-state index contributed by atoms with van der Waals surface area (Å²) >= 11 is 0. The third-order valence-electron chi connectivity index (χ3n) is 2.35. The smallest absolute Gasteiger partial charge is 0.310 e. The summed E-state index contributed by atoms with van der Waals surface area (Å²) in [6.07, 6.45) is 1.52. The molecule has 0 fully saturated rings. The van der Waals surface area contributed by atoms with Crippen molar-refractivity contribution in [2.45, 2.75) is 12.8 Å². The third kappa shape index (κ3) is 1.27. The lowest BCUT2D eigenvalue weighted by molar-refractivity contribution is -0.138. The number of benzene rings is 1. The van der Waals surface area contributed by atoms with E-state index in [1.54, 1.807) is 6.92 Å². The molecule has 0 spiro atoms. The van der Waals surface area contributed by atoms with E-state index < -0.39 is 11.9 Å². The Labute approximate surface area is 81.0 Å². The van der Waals surface area contributed by atoms with Crippen LogP contribution in [0.15, 0.2) is 34.9 Å². The lowest BCUT2D eigenvalue weighted by atomic mass is 10.0. The Morgan fingerprint density at radius 1 is 1.43 bits per heavy atom. The van der Waals surface area contributed by atoms with Crippen LogP contribution in [-0.4, -0.2) is 11.1 Å². The van der Waals surface area contributed by atoms with Crippen molar-refractivity contribution < 1.29 is 14.3 Å². The van der Waals surface area contributed by atoms with Crippen molar-refractivity contribution in [3.8, 4) is 0 Å². The number of para-hydroxylation sites is 1. The van der Waals surface area contributed by atoms with E-state index in [2.05, 4.69) is 0 Å². The zero-order chi connectivity index (χ0) is 10.1. The number of carboxylic acids is 1. The van der Waals surface area contributed by atoms with Gasteiger partial charge in [0.15, 0.2) is 0 Å². The molecule has 3 heteroatoms. The quantitative estimate of drug-likeness (QED) is 0.791. The van der Waals surface area contributed by atoms with Gasteiger partial charge in [0.1, 0.15) is 5.58 Å². The van der Waals surface area contributed by atoms with Crippen LogP contribution in [0.5, 0.6) is 0 Å². The first kappa shape index (κ1) is 8.81. The highest BCUT2D eigenvalue weighted by atomic mass is 16.4. The van der Waals surface area contributed by atoms with Crippen molar-refractivity contribution >= 4 is 16.9 Å². The SMILES string of the molecule is CC(C(=O)O)c1coc2ccccc12. The van der Waals surface area contributed by atoms with Gasteiger partial charge in [-0.3, -0.25) is 4.79 Å². The number of carboxylic acid groups (broad SMARTS) is 1. The van der Waals surface area contributed by atoms with E-state index >= 15 is 0 Å². The number of furan rings is 1. The van der Waals surface area contributed by atoms with Gasteiger partial charge >= 0.3 is 5.97 Å². The van der Waals surface area contributed by atoms with Gasteiger partial charge in [0, 0.05) is 10.9 Å². The molecule has 1 aromatic heterocycles. The minimum absolute atomic E-state index is 0.529. The highest BCUT2D eigenvalue weighted by molar-refractivity contribution is 5.87. The Morgan fingerprint density at radius 2 is 2.14 bits per heavy atom. The van der Waals surface area contributed by atoms with Crippen LogP contribution in [-0.2, 0) is 4.79 Å². The largest absolute Gasteiger partial charge is 0.481 e. The molecule has 1 heterocycles. The first-order valence-electron chi connectivity index (χ1n) is 4.39. The predicted molar refractivity (Wildman–Crippen MR) is 52.3 cm³/mol. The Balaban J connectivity index is 2.58. The van der Waals surface area contributed by atoms with Crippen molar-refractivity contribution in [2.24, 2.45) is 0 Å². The fourth-order valence-corrected chi connectivity index (χ4v) is 1.47. The van der Waals surface area contributed by atoms with Gasteiger partial charge in [-0.25, -0.2) is 0 Å². The molecule has 3 nitrogen and oxygen atoms in total. The molecule has 0 aliphatic heterocycles. The molecule has 0 aliphatic carbocycles. The monoisotopic (exact) mass is 190 g/mol.